The van der Waals surface area contributed by atoms with E-state index in [1.165, 1.54) is 57.8 Å². The number of aliphatic hydroxyl groups excluding tert-OH is 1. The van der Waals surface area contributed by atoms with Crippen molar-refractivity contribution in [2.75, 3.05) is 39.6 Å². The summed E-state index contributed by atoms with van der Waals surface area (Å²) in [6.45, 7) is 4.53. The van der Waals surface area contributed by atoms with Crippen molar-refractivity contribution < 1.29 is 80.2 Å². The number of phosphoric ester groups is 2. The Morgan fingerprint density at radius 3 is 0.875 bits per heavy atom. The van der Waals surface area contributed by atoms with Crippen molar-refractivity contribution in [3.63, 3.8) is 0 Å². The number of phosphoric acid groups is 2. The van der Waals surface area contributed by atoms with E-state index < -0.39 is 97.5 Å². The van der Waals surface area contributed by atoms with E-state index in [0.29, 0.717) is 25.7 Å². The average molecular weight is 1390 g/mol. The summed E-state index contributed by atoms with van der Waals surface area (Å²) in [5, 5.41) is 10.6. The Bertz CT molecular complexity index is 2250. The molecule has 0 fully saturated rings. The van der Waals surface area contributed by atoms with Crippen LogP contribution in [0.2, 0.25) is 0 Å². The van der Waals surface area contributed by atoms with E-state index in [9.17, 15) is 43.2 Å². The highest BCUT2D eigenvalue weighted by atomic mass is 31.2. The Morgan fingerprint density at radius 1 is 0.302 bits per heavy atom. The quantitative estimate of drug-likeness (QED) is 0.0169. The highest BCUT2D eigenvalue weighted by Gasteiger charge is 2.30. The fourth-order valence-electron chi connectivity index (χ4n) is 9.61. The Hall–Kier alpha value is -4.28. The molecule has 0 radical (unpaired) electrons. The third kappa shape index (κ3) is 68.3. The Kier molecular flexibility index (Phi) is 66.1. The van der Waals surface area contributed by atoms with Crippen molar-refractivity contribution in [3.05, 3.63) is 109 Å². The minimum Gasteiger partial charge on any atom is -0.462 e. The predicted octanol–water partition coefficient (Wildman–Crippen LogP) is 21.0. The molecular weight excluding hydrogens is 1260 g/mol. The van der Waals surface area contributed by atoms with Crippen molar-refractivity contribution in [1.29, 1.82) is 0 Å². The summed E-state index contributed by atoms with van der Waals surface area (Å²) in [6.07, 6.45) is 72.3. The first kappa shape index (κ1) is 91.7. The lowest BCUT2D eigenvalue weighted by Gasteiger charge is -2.21. The fourth-order valence-corrected chi connectivity index (χ4v) is 11.2. The predicted molar refractivity (Wildman–Crippen MR) is 390 cm³/mol. The van der Waals surface area contributed by atoms with Gasteiger partial charge < -0.3 is 33.8 Å². The number of hydrogen-bond acceptors (Lipinski definition) is 15. The molecule has 5 unspecified atom stereocenters. The van der Waals surface area contributed by atoms with Crippen molar-refractivity contribution in [2.45, 2.75) is 316 Å². The van der Waals surface area contributed by atoms with Gasteiger partial charge in [0, 0.05) is 25.7 Å². The number of esters is 4. The molecule has 5 atom stereocenters. The molecule has 0 aromatic heterocycles. The molecule has 0 amide bonds. The van der Waals surface area contributed by atoms with Crippen LogP contribution in [-0.4, -0.2) is 96.7 Å². The molecule has 0 saturated heterocycles. The molecule has 0 aliphatic rings. The molecule has 19 heteroatoms. The fraction of sp³-hybridized carbons (Fsp3) is 0.714. The van der Waals surface area contributed by atoms with Crippen LogP contribution in [0.25, 0.3) is 0 Å². The largest absolute Gasteiger partial charge is 0.472 e. The molecule has 0 aromatic rings. The second-order valence-corrected chi connectivity index (χ2v) is 27.4. The van der Waals surface area contributed by atoms with E-state index in [4.69, 9.17) is 37.0 Å². The van der Waals surface area contributed by atoms with Gasteiger partial charge >= 0.3 is 39.5 Å². The van der Waals surface area contributed by atoms with Gasteiger partial charge in [0.15, 0.2) is 12.2 Å². The number of aliphatic hydroxyl groups is 1. The second kappa shape index (κ2) is 69.2. The highest BCUT2D eigenvalue weighted by molar-refractivity contribution is 7.47. The van der Waals surface area contributed by atoms with E-state index in [-0.39, 0.29) is 25.7 Å². The minimum atomic E-state index is -4.99. The summed E-state index contributed by atoms with van der Waals surface area (Å²) in [7, 11) is -9.96. The SMILES string of the molecule is CC/C=C\C/C=C\C/C=C\C/C=C\CCCCC(=O)OCC(COP(=O)(O)OCC(O)COP(=O)(O)OCC(COC(=O)CCCCCCC/C=C\C/C=C\CCCCC)OC(=O)CCCCCCCCCCCCC)OC(=O)CCCCCCC/C=C\C/C=C\C/C=C\CC. The summed E-state index contributed by atoms with van der Waals surface area (Å²) in [5.41, 5.74) is 0. The van der Waals surface area contributed by atoms with E-state index in [0.717, 1.165) is 161 Å². The topological polar surface area (TPSA) is 237 Å². The lowest BCUT2D eigenvalue weighted by Crippen LogP contribution is -2.30. The third-order valence-corrected chi connectivity index (χ3v) is 17.1. The van der Waals surface area contributed by atoms with E-state index >= 15 is 0 Å². The van der Waals surface area contributed by atoms with E-state index in [1.54, 1.807) is 0 Å². The minimum absolute atomic E-state index is 0.0647. The van der Waals surface area contributed by atoms with Crippen molar-refractivity contribution in [2.24, 2.45) is 0 Å². The summed E-state index contributed by atoms with van der Waals surface area (Å²) < 4.78 is 68.3. The van der Waals surface area contributed by atoms with Gasteiger partial charge in [0.25, 0.3) is 0 Å². The van der Waals surface area contributed by atoms with E-state index in [2.05, 4.69) is 137 Å². The third-order valence-electron chi connectivity index (χ3n) is 15.2. The van der Waals surface area contributed by atoms with Crippen LogP contribution < -0.4 is 0 Å². The molecule has 0 rings (SSSR count). The summed E-state index contributed by atoms with van der Waals surface area (Å²) in [4.78, 5) is 72.7. The van der Waals surface area contributed by atoms with Gasteiger partial charge in [-0.3, -0.25) is 37.3 Å². The normalized spacial score (nSPS) is 14.6. The summed E-state index contributed by atoms with van der Waals surface area (Å²) in [6, 6.07) is 0. The summed E-state index contributed by atoms with van der Waals surface area (Å²) >= 11 is 0. The maximum Gasteiger partial charge on any atom is 0.472 e. The molecule has 0 aliphatic heterocycles. The van der Waals surface area contributed by atoms with Crippen molar-refractivity contribution in [1.82, 2.24) is 0 Å². The second-order valence-electron chi connectivity index (χ2n) is 24.5. The standard InChI is InChI=1S/C77H132O17P2/c1-5-9-13-17-21-25-29-32-35-38-42-45-49-53-57-61-74(79)87-67-72(93-76(81)63-59-55-51-47-41-28-24-20-16-12-8-4)69-91-95(83,84)89-65-71(78)66-90-96(85,86)92-70-73(94-77(82)64-60-56-52-48-44-40-37-34-31-27-23-19-15-11-7-3)68-88-75(80)62-58-54-50-46-43-39-36-33-30-26-22-18-14-10-6-2/h10-11,14-15,21-23,25-27,32-37,43,46,71-73,78H,5-9,12-13,16-20,24,28-31,38-42,44-45,47-70H2,1-4H3,(H,83,84)(H,85,86)/b14-10-,15-11-,25-21-,26-22-,27-23-,35-32-,36-33-,37-34-,46-43-. The number of allylic oxidation sites excluding steroid dienone is 18. The van der Waals surface area contributed by atoms with E-state index in [1.807, 2.05) is 0 Å². The molecule has 17 nitrogen and oxygen atoms in total. The molecule has 96 heavy (non-hydrogen) atoms. The zero-order chi connectivity index (χ0) is 70.4. The lowest BCUT2D eigenvalue weighted by atomic mass is 10.1. The Morgan fingerprint density at radius 2 is 0.542 bits per heavy atom. The number of carbonyl (C=O) groups is 4. The van der Waals surface area contributed by atoms with Crippen LogP contribution >= 0.6 is 15.6 Å². The smallest absolute Gasteiger partial charge is 0.462 e. The maximum atomic E-state index is 13.1. The van der Waals surface area contributed by atoms with Gasteiger partial charge in [-0.15, -0.1) is 0 Å². The maximum absolute atomic E-state index is 13.1. The molecule has 0 saturated carbocycles. The average Bonchev–Trinajstić information content (AvgIpc) is 1.09. The lowest BCUT2D eigenvalue weighted by molar-refractivity contribution is -0.161. The van der Waals surface area contributed by atoms with Crippen LogP contribution in [-0.2, 0) is 65.4 Å². The van der Waals surface area contributed by atoms with Crippen LogP contribution in [0.5, 0.6) is 0 Å². The number of hydrogen-bond donors (Lipinski definition) is 3. The number of carbonyl (C=O) groups excluding carboxylic acids is 4. The van der Waals surface area contributed by atoms with Crippen LogP contribution in [0.4, 0.5) is 0 Å². The molecule has 0 heterocycles. The molecular formula is C77H132O17P2. The van der Waals surface area contributed by atoms with Crippen LogP contribution in [0.15, 0.2) is 109 Å². The zero-order valence-electron chi connectivity index (χ0n) is 60.0. The Balaban J connectivity index is 5.38. The van der Waals surface area contributed by atoms with Crippen LogP contribution in [0.3, 0.4) is 0 Å². The first-order chi connectivity index (χ1) is 46.7. The molecule has 0 aliphatic carbocycles. The number of unbranched alkanes of at least 4 members (excludes halogenated alkanes) is 25. The number of rotatable bonds is 69. The first-order valence-electron chi connectivity index (χ1n) is 37.1. The van der Waals surface area contributed by atoms with Crippen molar-refractivity contribution >= 4 is 39.5 Å². The van der Waals surface area contributed by atoms with Gasteiger partial charge in [0.05, 0.1) is 26.4 Å². The van der Waals surface area contributed by atoms with Gasteiger partial charge in [-0.1, -0.05) is 253 Å². The monoisotopic (exact) mass is 1390 g/mol. The van der Waals surface area contributed by atoms with Gasteiger partial charge in [-0.2, -0.15) is 0 Å². The molecule has 0 bridgehead atoms. The van der Waals surface area contributed by atoms with Gasteiger partial charge in [0.1, 0.15) is 19.3 Å². The summed E-state index contributed by atoms with van der Waals surface area (Å²) in [5.74, 6) is -2.25. The van der Waals surface area contributed by atoms with Gasteiger partial charge in [-0.05, 0) is 128 Å². The zero-order valence-corrected chi connectivity index (χ0v) is 61.8. The first-order valence-corrected chi connectivity index (χ1v) is 40.1. The molecule has 552 valence electrons. The van der Waals surface area contributed by atoms with Crippen molar-refractivity contribution in [3.8, 4) is 0 Å². The van der Waals surface area contributed by atoms with Gasteiger partial charge in [0.2, 0.25) is 0 Å². The van der Waals surface area contributed by atoms with Gasteiger partial charge in [-0.25, -0.2) is 9.13 Å². The van der Waals surface area contributed by atoms with Crippen LogP contribution in [0.1, 0.15) is 297 Å². The molecule has 0 spiro atoms. The molecule has 3 N–H and O–H groups in total. The van der Waals surface area contributed by atoms with Crippen LogP contribution in [0, 0.1) is 0 Å². The Labute approximate surface area is 581 Å². The number of ether oxygens (including phenoxy) is 4. The molecule has 0 aromatic carbocycles. The highest BCUT2D eigenvalue weighted by Crippen LogP contribution is 2.45.